The maximum Gasteiger partial charge on any atom is 0.325 e. The average molecular weight is 205 g/mol. The Kier molecular flexibility index (Phi) is 2.73. The molecule has 1 aromatic rings. The third-order valence-electron chi connectivity index (χ3n) is 3.00. The maximum atomic E-state index is 10.7. The number of benzene rings is 1. The van der Waals surface area contributed by atoms with Crippen LogP contribution in [0.3, 0.4) is 0 Å². The minimum Gasteiger partial charge on any atom is -0.480 e. The molecule has 3 heteroatoms. The number of carboxylic acid groups (broad SMARTS) is 1. The minimum absolute atomic E-state index is 0.711. The molecule has 0 amide bonds. The molecule has 2 rings (SSSR count). The number of aryl methyl sites for hydroxylation is 2. The first-order chi connectivity index (χ1) is 7.18. The summed E-state index contributed by atoms with van der Waals surface area (Å²) in [5.74, 6) is -0.967. The highest BCUT2D eigenvalue weighted by molar-refractivity contribution is 5.75. The Labute approximate surface area is 88.9 Å². The van der Waals surface area contributed by atoms with Crippen LogP contribution in [0.5, 0.6) is 0 Å². The SMILES string of the molecule is NC(C(=O)O)c1ccc2c(c1)CCCC2. The Balaban J connectivity index is 2.31. The number of carbonyl (C=O) groups is 1. The number of hydrogen-bond donors (Lipinski definition) is 2. The van der Waals surface area contributed by atoms with Crippen molar-refractivity contribution in [3.8, 4) is 0 Å². The van der Waals surface area contributed by atoms with E-state index in [1.807, 2.05) is 18.2 Å². The van der Waals surface area contributed by atoms with Gasteiger partial charge in [0.25, 0.3) is 0 Å². The standard InChI is InChI=1S/C12H15NO2/c13-11(12(14)15)10-6-5-8-3-1-2-4-9(8)7-10/h5-7,11H,1-4,13H2,(H,14,15). The molecule has 0 aliphatic heterocycles. The van der Waals surface area contributed by atoms with Crippen LogP contribution in [0.15, 0.2) is 18.2 Å². The van der Waals surface area contributed by atoms with E-state index < -0.39 is 12.0 Å². The van der Waals surface area contributed by atoms with Gasteiger partial charge in [-0.25, -0.2) is 0 Å². The monoisotopic (exact) mass is 205 g/mol. The number of nitrogens with two attached hydrogens (primary N) is 1. The lowest BCUT2D eigenvalue weighted by atomic mass is 9.89. The van der Waals surface area contributed by atoms with Crippen LogP contribution in [-0.4, -0.2) is 11.1 Å². The van der Waals surface area contributed by atoms with Crippen LogP contribution in [0.4, 0.5) is 0 Å². The predicted octanol–water partition coefficient (Wildman–Crippen LogP) is 1.65. The molecule has 1 aliphatic carbocycles. The van der Waals surface area contributed by atoms with Gasteiger partial charge in [0.15, 0.2) is 0 Å². The molecule has 0 saturated heterocycles. The molecule has 0 bridgehead atoms. The van der Waals surface area contributed by atoms with E-state index in [1.165, 1.54) is 24.0 Å². The van der Waals surface area contributed by atoms with Crippen molar-refractivity contribution in [2.24, 2.45) is 5.73 Å². The Morgan fingerprint density at radius 1 is 1.27 bits per heavy atom. The molecule has 0 heterocycles. The van der Waals surface area contributed by atoms with Gasteiger partial charge in [-0.15, -0.1) is 0 Å². The molecule has 15 heavy (non-hydrogen) atoms. The van der Waals surface area contributed by atoms with Gasteiger partial charge in [0.05, 0.1) is 0 Å². The molecule has 0 spiro atoms. The maximum absolute atomic E-state index is 10.7. The van der Waals surface area contributed by atoms with E-state index in [9.17, 15) is 4.79 Å². The summed E-state index contributed by atoms with van der Waals surface area (Å²) in [5, 5.41) is 8.81. The first-order valence-electron chi connectivity index (χ1n) is 5.28. The summed E-state index contributed by atoms with van der Waals surface area (Å²) in [6.45, 7) is 0. The quantitative estimate of drug-likeness (QED) is 0.771. The van der Waals surface area contributed by atoms with Crippen LogP contribution in [-0.2, 0) is 17.6 Å². The number of rotatable bonds is 2. The Morgan fingerprint density at radius 2 is 1.93 bits per heavy atom. The van der Waals surface area contributed by atoms with Crippen molar-refractivity contribution in [1.29, 1.82) is 0 Å². The molecular formula is C12H15NO2. The molecule has 3 nitrogen and oxygen atoms in total. The zero-order valence-electron chi connectivity index (χ0n) is 8.57. The molecule has 1 atom stereocenters. The minimum atomic E-state index is -0.967. The van der Waals surface area contributed by atoms with Crippen molar-refractivity contribution in [3.05, 3.63) is 34.9 Å². The third kappa shape index (κ3) is 2.02. The molecule has 80 valence electrons. The van der Waals surface area contributed by atoms with Crippen molar-refractivity contribution in [2.45, 2.75) is 31.7 Å². The van der Waals surface area contributed by atoms with Gasteiger partial charge in [0, 0.05) is 0 Å². The van der Waals surface area contributed by atoms with Crippen LogP contribution >= 0.6 is 0 Å². The van der Waals surface area contributed by atoms with Gasteiger partial charge in [0.1, 0.15) is 6.04 Å². The lowest BCUT2D eigenvalue weighted by molar-refractivity contribution is -0.138. The van der Waals surface area contributed by atoms with Crippen LogP contribution in [0.25, 0.3) is 0 Å². The highest BCUT2D eigenvalue weighted by Gasteiger charge is 2.16. The Bertz CT molecular complexity index is 387. The predicted molar refractivity (Wildman–Crippen MR) is 57.6 cm³/mol. The first kappa shape index (κ1) is 10.2. The number of aliphatic carboxylic acids is 1. The summed E-state index contributed by atoms with van der Waals surface area (Å²) in [7, 11) is 0. The van der Waals surface area contributed by atoms with Gasteiger partial charge in [-0.05, 0) is 42.4 Å². The molecule has 0 fully saturated rings. The van der Waals surface area contributed by atoms with Crippen LogP contribution in [0, 0.1) is 0 Å². The van der Waals surface area contributed by atoms with E-state index in [-0.39, 0.29) is 0 Å². The van der Waals surface area contributed by atoms with Gasteiger partial charge in [-0.3, -0.25) is 4.79 Å². The fraction of sp³-hybridized carbons (Fsp3) is 0.417. The van der Waals surface area contributed by atoms with E-state index in [2.05, 4.69) is 0 Å². The second-order valence-electron chi connectivity index (χ2n) is 4.05. The van der Waals surface area contributed by atoms with Gasteiger partial charge < -0.3 is 10.8 Å². The lowest BCUT2D eigenvalue weighted by Crippen LogP contribution is -2.21. The summed E-state index contributed by atoms with van der Waals surface area (Å²) in [6.07, 6.45) is 4.59. The summed E-state index contributed by atoms with van der Waals surface area (Å²) < 4.78 is 0. The smallest absolute Gasteiger partial charge is 0.325 e. The number of hydrogen-bond acceptors (Lipinski definition) is 2. The molecular weight excluding hydrogens is 190 g/mol. The Morgan fingerprint density at radius 3 is 2.60 bits per heavy atom. The summed E-state index contributed by atoms with van der Waals surface area (Å²) in [6, 6.07) is 4.92. The van der Waals surface area contributed by atoms with Crippen LogP contribution in [0.2, 0.25) is 0 Å². The summed E-state index contributed by atoms with van der Waals surface area (Å²) in [4.78, 5) is 10.7. The largest absolute Gasteiger partial charge is 0.480 e. The van der Waals surface area contributed by atoms with Gasteiger partial charge in [0.2, 0.25) is 0 Å². The van der Waals surface area contributed by atoms with Crippen molar-refractivity contribution in [3.63, 3.8) is 0 Å². The molecule has 1 aromatic carbocycles. The van der Waals surface area contributed by atoms with Gasteiger partial charge in [-0.2, -0.15) is 0 Å². The van der Waals surface area contributed by atoms with E-state index in [0.717, 1.165) is 12.8 Å². The fourth-order valence-corrected chi connectivity index (χ4v) is 2.09. The van der Waals surface area contributed by atoms with E-state index in [4.69, 9.17) is 10.8 Å². The highest BCUT2D eigenvalue weighted by Crippen LogP contribution is 2.24. The number of fused-ring (bicyclic) bond motifs is 1. The molecule has 3 N–H and O–H groups in total. The van der Waals surface area contributed by atoms with Gasteiger partial charge in [-0.1, -0.05) is 18.2 Å². The van der Waals surface area contributed by atoms with Crippen molar-refractivity contribution in [2.75, 3.05) is 0 Å². The molecule has 0 radical (unpaired) electrons. The van der Waals surface area contributed by atoms with Crippen molar-refractivity contribution < 1.29 is 9.90 Å². The Hall–Kier alpha value is -1.35. The molecule has 0 aromatic heterocycles. The van der Waals surface area contributed by atoms with E-state index in [1.54, 1.807) is 0 Å². The van der Waals surface area contributed by atoms with E-state index in [0.29, 0.717) is 5.56 Å². The third-order valence-corrected chi connectivity index (χ3v) is 3.00. The first-order valence-corrected chi connectivity index (χ1v) is 5.28. The summed E-state index contributed by atoms with van der Waals surface area (Å²) in [5.41, 5.74) is 8.91. The zero-order valence-corrected chi connectivity index (χ0v) is 8.57. The van der Waals surface area contributed by atoms with Gasteiger partial charge >= 0.3 is 5.97 Å². The average Bonchev–Trinajstić information content (AvgIpc) is 2.27. The van der Waals surface area contributed by atoms with E-state index >= 15 is 0 Å². The highest BCUT2D eigenvalue weighted by atomic mass is 16.4. The summed E-state index contributed by atoms with van der Waals surface area (Å²) >= 11 is 0. The van der Waals surface area contributed by atoms with Crippen molar-refractivity contribution in [1.82, 2.24) is 0 Å². The number of carboxylic acids is 1. The topological polar surface area (TPSA) is 63.3 Å². The van der Waals surface area contributed by atoms with Crippen molar-refractivity contribution >= 4 is 5.97 Å². The fourth-order valence-electron chi connectivity index (χ4n) is 2.09. The molecule has 0 saturated carbocycles. The van der Waals surface area contributed by atoms with Crippen LogP contribution in [0.1, 0.15) is 35.6 Å². The molecule has 1 unspecified atom stereocenters. The molecule has 1 aliphatic rings. The van der Waals surface area contributed by atoms with Crippen LogP contribution < -0.4 is 5.73 Å². The zero-order chi connectivity index (χ0) is 10.8. The second kappa shape index (κ2) is 4.03. The lowest BCUT2D eigenvalue weighted by Gasteiger charge is -2.17. The second-order valence-corrected chi connectivity index (χ2v) is 4.05. The normalized spacial score (nSPS) is 16.9.